The Kier molecular flexibility index (Phi) is 4.84. The van der Waals surface area contributed by atoms with E-state index in [1.807, 2.05) is 12.1 Å². The summed E-state index contributed by atoms with van der Waals surface area (Å²) in [5, 5.41) is 14.8. The molecule has 136 valence electrons. The molecule has 4 N–H and O–H groups in total. The van der Waals surface area contributed by atoms with Gasteiger partial charge in [0.1, 0.15) is 11.3 Å². The summed E-state index contributed by atoms with van der Waals surface area (Å²) in [7, 11) is 0. The molecule has 0 bridgehead atoms. The second-order valence-corrected chi connectivity index (χ2v) is 7.47. The number of hydrogen-bond donors (Lipinski definition) is 3. The van der Waals surface area contributed by atoms with Crippen LogP contribution < -0.4 is 11.1 Å². The Balaban J connectivity index is 1.59. The Morgan fingerprint density at radius 1 is 1.27 bits per heavy atom. The van der Waals surface area contributed by atoms with Crippen LogP contribution >= 0.6 is 0 Å². The average molecular weight is 350 g/mol. The molecule has 26 heavy (non-hydrogen) atoms. The quantitative estimate of drug-likeness (QED) is 0.635. The van der Waals surface area contributed by atoms with Gasteiger partial charge in [0.15, 0.2) is 5.65 Å². The van der Waals surface area contributed by atoms with Gasteiger partial charge in [-0.15, -0.1) is 5.10 Å². The Morgan fingerprint density at radius 2 is 2.12 bits per heavy atom. The fourth-order valence-electron chi connectivity index (χ4n) is 4.16. The summed E-state index contributed by atoms with van der Waals surface area (Å²) in [4.78, 5) is 4.31. The molecular weight excluding hydrogens is 324 g/mol. The minimum atomic E-state index is 0.209. The Bertz CT molecular complexity index is 859. The van der Waals surface area contributed by atoms with Crippen molar-refractivity contribution >= 4 is 17.0 Å². The highest BCUT2D eigenvalue weighted by atomic mass is 15.3. The molecular formula is C20H26N6. The predicted molar refractivity (Wildman–Crippen MR) is 104 cm³/mol. The highest BCUT2D eigenvalue weighted by Crippen LogP contribution is 2.32. The fourth-order valence-corrected chi connectivity index (χ4v) is 4.16. The van der Waals surface area contributed by atoms with Gasteiger partial charge in [-0.05, 0) is 55.3 Å². The molecule has 1 unspecified atom stereocenters. The Labute approximate surface area is 153 Å². The zero-order valence-corrected chi connectivity index (χ0v) is 15.2. The third-order valence-corrected chi connectivity index (χ3v) is 5.49. The normalized spacial score (nSPS) is 21.3. The summed E-state index contributed by atoms with van der Waals surface area (Å²) >= 11 is 0. The lowest BCUT2D eigenvalue weighted by molar-refractivity contribution is 0.487. The minimum Gasteiger partial charge on any atom is -0.384 e. The van der Waals surface area contributed by atoms with Crippen LogP contribution in [0.1, 0.15) is 49.7 Å². The third-order valence-electron chi connectivity index (χ3n) is 5.49. The number of nitrogens with two attached hydrogens (primary N) is 1. The molecule has 3 atom stereocenters. The molecule has 1 saturated carbocycles. The Hall–Kier alpha value is -2.47. The van der Waals surface area contributed by atoms with Crippen LogP contribution in [-0.2, 0) is 0 Å². The van der Waals surface area contributed by atoms with Gasteiger partial charge in [-0.1, -0.05) is 42.5 Å². The lowest BCUT2D eigenvalue weighted by Crippen LogP contribution is -2.28. The first-order valence-electron chi connectivity index (χ1n) is 9.46. The van der Waals surface area contributed by atoms with E-state index in [9.17, 15) is 0 Å². The first kappa shape index (κ1) is 17.0. The van der Waals surface area contributed by atoms with Crippen LogP contribution in [0.3, 0.4) is 0 Å². The molecule has 1 aliphatic carbocycles. The predicted octanol–water partition coefficient (Wildman–Crippen LogP) is 3.24. The smallest absolute Gasteiger partial charge is 0.178 e. The van der Waals surface area contributed by atoms with Crippen LogP contribution in [0.25, 0.3) is 11.2 Å². The van der Waals surface area contributed by atoms with Gasteiger partial charge in [-0.25, -0.2) is 10.1 Å². The third kappa shape index (κ3) is 3.55. The van der Waals surface area contributed by atoms with Crippen molar-refractivity contribution in [1.29, 1.82) is 0 Å². The molecule has 0 amide bonds. The maximum absolute atomic E-state index is 6.04. The number of nitrogens with one attached hydrogen (secondary N) is 2. The number of nitrogens with zero attached hydrogens (tertiary/aromatic N) is 3. The van der Waals surface area contributed by atoms with E-state index >= 15 is 0 Å². The van der Waals surface area contributed by atoms with E-state index in [0.717, 1.165) is 30.0 Å². The summed E-state index contributed by atoms with van der Waals surface area (Å²) in [6.07, 6.45) is 4.89. The maximum atomic E-state index is 6.04. The van der Waals surface area contributed by atoms with Gasteiger partial charge in [0.05, 0.1) is 0 Å². The van der Waals surface area contributed by atoms with Crippen molar-refractivity contribution in [3.8, 4) is 0 Å². The van der Waals surface area contributed by atoms with Crippen LogP contribution in [0.15, 0.2) is 36.4 Å². The summed E-state index contributed by atoms with van der Waals surface area (Å²) in [5.74, 6) is 1.55. The SMILES string of the molecule is C[C@@H]1CC[C@H](NCCC(c2ccccc2)c2cc(N)nc3[nH]nnc23)C1. The molecule has 0 spiro atoms. The number of hydrogen-bond acceptors (Lipinski definition) is 5. The number of benzene rings is 1. The van der Waals surface area contributed by atoms with Crippen LogP contribution in [0, 0.1) is 5.92 Å². The highest BCUT2D eigenvalue weighted by molar-refractivity contribution is 5.77. The summed E-state index contributed by atoms with van der Waals surface area (Å²) in [6.45, 7) is 3.31. The average Bonchev–Trinajstić information content (AvgIpc) is 3.27. The first-order valence-corrected chi connectivity index (χ1v) is 9.46. The number of pyridine rings is 1. The monoisotopic (exact) mass is 350 g/mol. The van der Waals surface area contributed by atoms with Gasteiger partial charge in [0.25, 0.3) is 0 Å². The van der Waals surface area contributed by atoms with Gasteiger partial charge in [-0.3, -0.25) is 0 Å². The van der Waals surface area contributed by atoms with Gasteiger partial charge in [0.2, 0.25) is 0 Å². The number of aromatic nitrogens is 4. The van der Waals surface area contributed by atoms with E-state index in [-0.39, 0.29) is 5.92 Å². The molecule has 6 heteroatoms. The molecule has 1 aliphatic rings. The van der Waals surface area contributed by atoms with Crippen LogP contribution in [0.2, 0.25) is 0 Å². The van der Waals surface area contributed by atoms with Gasteiger partial charge in [0, 0.05) is 12.0 Å². The lowest BCUT2D eigenvalue weighted by Gasteiger charge is -2.20. The van der Waals surface area contributed by atoms with E-state index < -0.39 is 0 Å². The van der Waals surface area contributed by atoms with Crippen molar-refractivity contribution in [3.05, 3.63) is 47.5 Å². The molecule has 2 heterocycles. The largest absolute Gasteiger partial charge is 0.384 e. The van der Waals surface area contributed by atoms with Crippen molar-refractivity contribution < 1.29 is 0 Å². The maximum Gasteiger partial charge on any atom is 0.178 e. The standard InChI is InChI=1S/C20H26N6/c1-13-7-8-15(11-13)22-10-9-16(14-5-3-2-4-6-14)17-12-18(21)23-20-19(17)24-26-25-20/h2-6,12-13,15-16,22H,7-11H2,1H3,(H3,21,23,24,25,26)/t13-,15+,16?/m1/s1. The lowest BCUT2D eigenvalue weighted by atomic mass is 9.88. The molecule has 1 fully saturated rings. The molecule has 0 saturated heterocycles. The van der Waals surface area contributed by atoms with Gasteiger partial charge in [-0.2, -0.15) is 0 Å². The number of aromatic amines is 1. The summed E-state index contributed by atoms with van der Waals surface area (Å²) < 4.78 is 0. The molecule has 4 rings (SSSR count). The second-order valence-electron chi connectivity index (χ2n) is 7.47. The van der Waals surface area contributed by atoms with Crippen molar-refractivity contribution in [2.75, 3.05) is 12.3 Å². The van der Waals surface area contributed by atoms with Crippen LogP contribution in [0.4, 0.5) is 5.82 Å². The van der Waals surface area contributed by atoms with Crippen LogP contribution in [-0.4, -0.2) is 33.0 Å². The number of nitrogen functional groups attached to an aromatic ring is 1. The van der Waals surface area contributed by atoms with E-state index in [1.54, 1.807) is 0 Å². The fraction of sp³-hybridized carbons (Fsp3) is 0.450. The molecule has 2 aromatic heterocycles. The summed E-state index contributed by atoms with van der Waals surface area (Å²) in [5.41, 5.74) is 9.86. The molecule has 0 aliphatic heterocycles. The topological polar surface area (TPSA) is 92.5 Å². The van der Waals surface area contributed by atoms with E-state index in [2.05, 4.69) is 56.9 Å². The number of anilines is 1. The minimum absolute atomic E-state index is 0.209. The van der Waals surface area contributed by atoms with Gasteiger partial charge >= 0.3 is 0 Å². The molecule has 6 nitrogen and oxygen atoms in total. The molecule has 1 aromatic carbocycles. The highest BCUT2D eigenvalue weighted by Gasteiger charge is 2.23. The van der Waals surface area contributed by atoms with Crippen molar-refractivity contribution in [2.24, 2.45) is 5.92 Å². The van der Waals surface area contributed by atoms with Crippen LogP contribution in [0.5, 0.6) is 0 Å². The summed E-state index contributed by atoms with van der Waals surface area (Å²) in [6, 6.07) is 13.1. The van der Waals surface area contributed by atoms with Crippen molar-refractivity contribution in [1.82, 2.24) is 25.7 Å². The zero-order valence-electron chi connectivity index (χ0n) is 15.2. The van der Waals surface area contributed by atoms with Crippen molar-refractivity contribution in [3.63, 3.8) is 0 Å². The Morgan fingerprint density at radius 3 is 2.88 bits per heavy atom. The van der Waals surface area contributed by atoms with E-state index in [4.69, 9.17) is 5.73 Å². The molecule has 3 aromatic rings. The van der Waals surface area contributed by atoms with Gasteiger partial charge < -0.3 is 11.1 Å². The second kappa shape index (κ2) is 7.41. The number of H-pyrrole nitrogens is 1. The van der Waals surface area contributed by atoms with Crippen molar-refractivity contribution in [2.45, 2.75) is 44.6 Å². The number of rotatable bonds is 6. The first-order chi connectivity index (χ1) is 12.7. The zero-order chi connectivity index (χ0) is 17.9. The number of fused-ring (bicyclic) bond motifs is 1. The van der Waals surface area contributed by atoms with E-state index in [1.165, 1.54) is 24.8 Å². The molecule has 0 radical (unpaired) electrons. The van der Waals surface area contributed by atoms with E-state index in [0.29, 0.717) is 17.5 Å².